The number of primary amides is 1. The molecule has 0 saturated carbocycles. The van der Waals surface area contributed by atoms with Crippen molar-refractivity contribution in [3.8, 4) is 0 Å². The van der Waals surface area contributed by atoms with Crippen molar-refractivity contribution >= 4 is 11.9 Å². The van der Waals surface area contributed by atoms with E-state index < -0.39 is 11.9 Å². The molecule has 1 rings (SSSR count). The van der Waals surface area contributed by atoms with Gasteiger partial charge in [-0.15, -0.1) is 0 Å². The van der Waals surface area contributed by atoms with E-state index in [9.17, 15) is 9.59 Å². The molecule has 0 aliphatic heterocycles. The average Bonchev–Trinajstić information content (AvgIpc) is 2.56. The van der Waals surface area contributed by atoms with Crippen molar-refractivity contribution < 1.29 is 9.59 Å². The fourth-order valence-electron chi connectivity index (χ4n) is 1.17. The second-order valence-electron chi connectivity index (χ2n) is 2.96. The van der Waals surface area contributed by atoms with Crippen LogP contribution in [-0.2, 0) is 13.5 Å². The molecular formula is C8H13N5O2. The van der Waals surface area contributed by atoms with Crippen molar-refractivity contribution in [2.45, 2.75) is 13.3 Å². The van der Waals surface area contributed by atoms with Crippen molar-refractivity contribution in [2.24, 2.45) is 12.8 Å². The Balaban J connectivity index is 2.76. The Bertz CT molecular complexity index is 384. The minimum absolute atomic E-state index is 0.425. The molecule has 15 heavy (non-hydrogen) atoms. The Kier molecular flexibility index (Phi) is 3.27. The number of nitrogens with one attached hydrogen (secondary N) is 2. The van der Waals surface area contributed by atoms with Crippen LogP contribution in [0.4, 0.5) is 4.79 Å². The summed E-state index contributed by atoms with van der Waals surface area (Å²) in [6, 6.07) is -0.815. The van der Waals surface area contributed by atoms with Gasteiger partial charge in [-0.1, -0.05) is 6.92 Å². The molecule has 0 fully saturated rings. The Morgan fingerprint density at radius 2 is 2.20 bits per heavy atom. The first-order valence-electron chi connectivity index (χ1n) is 4.43. The van der Waals surface area contributed by atoms with E-state index in [1.54, 1.807) is 13.2 Å². The third-order valence-corrected chi connectivity index (χ3v) is 1.78. The zero-order valence-corrected chi connectivity index (χ0v) is 8.57. The lowest BCUT2D eigenvalue weighted by molar-refractivity contribution is 0.0936. The summed E-state index contributed by atoms with van der Waals surface area (Å²) in [5.41, 5.74) is 10.1. The van der Waals surface area contributed by atoms with Gasteiger partial charge in [0.25, 0.3) is 5.91 Å². The minimum atomic E-state index is -0.815. The molecule has 4 N–H and O–H groups in total. The largest absolute Gasteiger partial charge is 0.350 e. The first-order valence-corrected chi connectivity index (χ1v) is 4.43. The molecule has 0 radical (unpaired) electrons. The van der Waals surface area contributed by atoms with Gasteiger partial charge >= 0.3 is 6.03 Å². The molecule has 82 valence electrons. The highest BCUT2D eigenvalue weighted by Crippen LogP contribution is 2.06. The molecule has 7 heteroatoms. The van der Waals surface area contributed by atoms with Gasteiger partial charge in [-0.05, 0) is 6.42 Å². The zero-order valence-electron chi connectivity index (χ0n) is 8.57. The standard InChI is InChI=1S/C8H13N5O2/c1-3-6-5(4-13(2)12-6)7(14)10-11-8(9)15/h4H,3H2,1-2H3,(H,10,14)(H3,9,11,15). The van der Waals surface area contributed by atoms with Crippen LogP contribution in [0.25, 0.3) is 0 Å². The lowest BCUT2D eigenvalue weighted by Crippen LogP contribution is -2.44. The van der Waals surface area contributed by atoms with Crippen LogP contribution in [0.15, 0.2) is 6.20 Å². The number of carbonyl (C=O) groups is 2. The maximum Gasteiger partial charge on any atom is 0.330 e. The highest BCUT2D eigenvalue weighted by molar-refractivity contribution is 5.95. The van der Waals surface area contributed by atoms with E-state index in [1.807, 2.05) is 12.3 Å². The highest BCUT2D eigenvalue weighted by atomic mass is 16.2. The molecule has 3 amide bonds. The van der Waals surface area contributed by atoms with Crippen molar-refractivity contribution in [3.63, 3.8) is 0 Å². The highest BCUT2D eigenvalue weighted by Gasteiger charge is 2.13. The molecular weight excluding hydrogens is 198 g/mol. The molecule has 1 aromatic rings. The molecule has 0 bridgehead atoms. The molecule has 7 nitrogen and oxygen atoms in total. The quantitative estimate of drug-likeness (QED) is 0.563. The topological polar surface area (TPSA) is 102 Å². The smallest absolute Gasteiger partial charge is 0.330 e. The number of hydrazine groups is 1. The van der Waals surface area contributed by atoms with Crippen LogP contribution in [-0.4, -0.2) is 21.7 Å². The van der Waals surface area contributed by atoms with Gasteiger partial charge in [0.05, 0.1) is 11.3 Å². The number of carbonyl (C=O) groups excluding carboxylic acids is 2. The minimum Gasteiger partial charge on any atom is -0.350 e. The molecule has 1 aromatic heterocycles. The van der Waals surface area contributed by atoms with E-state index in [0.29, 0.717) is 17.7 Å². The van der Waals surface area contributed by atoms with Crippen LogP contribution in [0.5, 0.6) is 0 Å². The molecule has 0 aliphatic rings. The molecule has 0 atom stereocenters. The number of urea groups is 1. The number of aromatic nitrogens is 2. The summed E-state index contributed by atoms with van der Waals surface area (Å²) in [5.74, 6) is -0.432. The Morgan fingerprint density at radius 3 is 2.73 bits per heavy atom. The summed E-state index contributed by atoms with van der Waals surface area (Å²) in [7, 11) is 1.72. The SMILES string of the molecule is CCc1nn(C)cc1C(=O)NNC(N)=O. The van der Waals surface area contributed by atoms with Crippen molar-refractivity contribution in [3.05, 3.63) is 17.5 Å². The van der Waals surface area contributed by atoms with Crippen LogP contribution in [0.2, 0.25) is 0 Å². The summed E-state index contributed by atoms with van der Waals surface area (Å²) in [5, 5.41) is 4.09. The summed E-state index contributed by atoms with van der Waals surface area (Å²) >= 11 is 0. The van der Waals surface area contributed by atoms with Gasteiger partial charge in [-0.2, -0.15) is 5.10 Å². The van der Waals surface area contributed by atoms with E-state index in [1.165, 1.54) is 4.68 Å². The molecule has 1 heterocycles. The van der Waals surface area contributed by atoms with E-state index in [4.69, 9.17) is 5.73 Å². The first-order chi connectivity index (χ1) is 7.04. The fraction of sp³-hybridized carbons (Fsp3) is 0.375. The third-order valence-electron chi connectivity index (χ3n) is 1.78. The summed E-state index contributed by atoms with van der Waals surface area (Å²) in [6.07, 6.45) is 2.22. The van der Waals surface area contributed by atoms with Crippen LogP contribution < -0.4 is 16.6 Å². The van der Waals surface area contributed by atoms with Crippen LogP contribution in [0, 0.1) is 0 Å². The molecule has 0 unspecified atom stereocenters. The molecule has 0 aromatic carbocycles. The number of aryl methyl sites for hydroxylation is 2. The fourth-order valence-corrected chi connectivity index (χ4v) is 1.17. The lowest BCUT2D eigenvalue weighted by atomic mass is 10.2. The van der Waals surface area contributed by atoms with E-state index >= 15 is 0 Å². The number of nitrogens with two attached hydrogens (primary N) is 1. The van der Waals surface area contributed by atoms with E-state index in [0.717, 1.165) is 0 Å². The van der Waals surface area contributed by atoms with Gasteiger partial charge in [0, 0.05) is 13.2 Å². The lowest BCUT2D eigenvalue weighted by Gasteiger charge is -2.03. The molecule has 0 saturated heterocycles. The number of amides is 3. The maximum atomic E-state index is 11.5. The number of rotatable bonds is 2. The number of nitrogens with zero attached hydrogens (tertiary/aromatic N) is 2. The summed E-state index contributed by atoms with van der Waals surface area (Å²) in [4.78, 5) is 21.9. The van der Waals surface area contributed by atoms with Gasteiger partial charge in [-0.25, -0.2) is 10.2 Å². The van der Waals surface area contributed by atoms with Gasteiger partial charge in [-0.3, -0.25) is 14.9 Å². The summed E-state index contributed by atoms with van der Waals surface area (Å²) < 4.78 is 1.54. The van der Waals surface area contributed by atoms with Crippen molar-refractivity contribution in [1.29, 1.82) is 0 Å². The molecule has 0 aliphatic carbocycles. The monoisotopic (exact) mass is 211 g/mol. The van der Waals surface area contributed by atoms with Crippen LogP contribution in [0.1, 0.15) is 23.0 Å². The van der Waals surface area contributed by atoms with Crippen LogP contribution >= 0.6 is 0 Å². The van der Waals surface area contributed by atoms with Gasteiger partial charge in [0.15, 0.2) is 0 Å². The molecule has 0 spiro atoms. The number of hydrogen-bond donors (Lipinski definition) is 3. The Morgan fingerprint density at radius 1 is 1.53 bits per heavy atom. The Hall–Kier alpha value is -2.05. The van der Waals surface area contributed by atoms with Crippen LogP contribution in [0.3, 0.4) is 0 Å². The second-order valence-corrected chi connectivity index (χ2v) is 2.96. The average molecular weight is 211 g/mol. The van der Waals surface area contributed by atoms with Gasteiger partial charge in [0.1, 0.15) is 0 Å². The van der Waals surface area contributed by atoms with Crippen molar-refractivity contribution in [1.82, 2.24) is 20.6 Å². The third kappa shape index (κ3) is 2.70. The van der Waals surface area contributed by atoms with E-state index in [-0.39, 0.29) is 0 Å². The normalized spacial score (nSPS) is 9.73. The second kappa shape index (κ2) is 4.45. The predicted molar refractivity (Wildman–Crippen MR) is 52.8 cm³/mol. The Labute approximate surface area is 86.6 Å². The summed E-state index contributed by atoms with van der Waals surface area (Å²) in [6.45, 7) is 1.89. The maximum absolute atomic E-state index is 11.5. The zero-order chi connectivity index (χ0) is 11.4. The van der Waals surface area contributed by atoms with Crippen molar-refractivity contribution in [2.75, 3.05) is 0 Å². The first kappa shape index (κ1) is 11.0. The number of hydrogen-bond acceptors (Lipinski definition) is 3. The van der Waals surface area contributed by atoms with Gasteiger partial charge < -0.3 is 5.73 Å². The van der Waals surface area contributed by atoms with Gasteiger partial charge in [0.2, 0.25) is 0 Å². The van der Waals surface area contributed by atoms with E-state index in [2.05, 4.69) is 10.5 Å². The predicted octanol–water partition coefficient (Wildman–Crippen LogP) is -0.704.